The van der Waals surface area contributed by atoms with Crippen molar-refractivity contribution in [3.05, 3.63) is 83.2 Å². The van der Waals surface area contributed by atoms with Gasteiger partial charge < -0.3 is 5.32 Å². The number of rotatable bonds is 4. The lowest BCUT2D eigenvalue weighted by Crippen LogP contribution is -2.19. The number of aromatic nitrogens is 2. The summed E-state index contributed by atoms with van der Waals surface area (Å²) in [7, 11) is 0. The van der Waals surface area contributed by atoms with E-state index in [4.69, 9.17) is 0 Å². The highest BCUT2D eigenvalue weighted by Crippen LogP contribution is 2.11. The summed E-state index contributed by atoms with van der Waals surface area (Å²) in [6.07, 6.45) is 3.40. The Morgan fingerprint density at radius 3 is 2.08 bits per heavy atom. The third-order valence-corrected chi connectivity index (χ3v) is 3.77. The molecule has 0 radical (unpaired) electrons. The molecule has 3 rings (SSSR count). The van der Waals surface area contributed by atoms with Crippen LogP contribution in [0.1, 0.15) is 31.8 Å². The Kier molecular flexibility index (Phi) is 5.03. The first-order valence-corrected chi connectivity index (χ1v) is 8.15. The van der Waals surface area contributed by atoms with Crippen molar-refractivity contribution in [3.8, 4) is 0 Å². The summed E-state index contributed by atoms with van der Waals surface area (Å²) in [6.45, 7) is 3.87. The molecule has 0 spiro atoms. The Morgan fingerprint density at radius 1 is 0.846 bits per heavy atom. The van der Waals surface area contributed by atoms with Crippen LogP contribution in [0.2, 0.25) is 0 Å². The van der Waals surface area contributed by atoms with E-state index in [1.807, 2.05) is 32.0 Å². The molecule has 3 aromatic rings. The van der Waals surface area contributed by atoms with Crippen LogP contribution in [0.4, 0.5) is 11.6 Å². The molecule has 0 saturated heterocycles. The Balaban J connectivity index is 1.67. The Labute approximate surface area is 151 Å². The smallest absolute Gasteiger partial charge is 0.307 e. The normalized spacial score (nSPS) is 10.2. The van der Waals surface area contributed by atoms with Crippen LogP contribution in [0.5, 0.6) is 0 Å². The number of carbonyl (C=O) groups is 2. The molecule has 0 atom stereocenters. The summed E-state index contributed by atoms with van der Waals surface area (Å²) in [5.41, 5.74) is 2.96. The Hall–Kier alpha value is -3.54. The van der Waals surface area contributed by atoms with Gasteiger partial charge in [-0.2, -0.15) is 0 Å². The SMILES string of the molecule is Cc1ccnc(NC(=O)c2ccc(C(=O)Nc3cc(C)cc[nH+]3)cc2)c1. The highest BCUT2D eigenvalue weighted by molar-refractivity contribution is 6.06. The highest BCUT2D eigenvalue weighted by atomic mass is 16.2. The van der Waals surface area contributed by atoms with Crippen molar-refractivity contribution in [1.29, 1.82) is 0 Å². The zero-order chi connectivity index (χ0) is 18.5. The van der Waals surface area contributed by atoms with Crippen LogP contribution in [-0.4, -0.2) is 16.8 Å². The van der Waals surface area contributed by atoms with Gasteiger partial charge in [0.25, 0.3) is 11.7 Å². The van der Waals surface area contributed by atoms with E-state index in [0.717, 1.165) is 11.1 Å². The van der Waals surface area contributed by atoms with Gasteiger partial charge in [-0.25, -0.2) is 20.1 Å². The van der Waals surface area contributed by atoms with Crippen molar-refractivity contribution in [1.82, 2.24) is 4.98 Å². The third-order valence-electron chi connectivity index (χ3n) is 3.77. The zero-order valence-corrected chi connectivity index (χ0v) is 14.5. The van der Waals surface area contributed by atoms with Crippen LogP contribution in [0.25, 0.3) is 0 Å². The monoisotopic (exact) mass is 347 g/mol. The summed E-state index contributed by atoms with van der Waals surface area (Å²) in [4.78, 5) is 31.6. The lowest BCUT2D eigenvalue weighted by atomic mass is 10.1. The average Bonchev–Trinajstić information content (AvgIpc) is 2.62. The molecule has 6 heteroatoms. The van der Waals surface area contributed by atoms with Crippen LogP contribution in [0.3, 0.4) is 0 Å². The molecule has 130 valence electrons. The number of nitrogens with zero attached hydrogens (tertiary/aromatic N) is 1. The number of H-pyrrole nitrogens is 1. The zero-order valence-electron chi connectivity index (χ0n) is 14.5. The van der Waals surface area contributed by atoms with Gasteiger partial charge in [0.15, 0.2) is 0 Å². The van der Waals surface area contributed by atoms with Crippen molar-refractivity contribution in [2.24, 2.45) is 0 Å². The number of aromatic amines is 1. The van der Waals surface area contributed by atoms with Gasteiger partial charge in [0.2, 0.25) is 0 Å². The number of benzene rings is 1. The number of anilines is 2. The standard InChI is InChI=1S/C20H18N4O2/c1-13-7-9-21-17(11-13)23-19(25)15-3-5-16(6-4-15)20(26)24-18-12-14(2)8-10-22-18/h3-12H,1-2H3,(H,21,23,25)(H,22,24,26)/p+1. The molecule has 0 saturated carbocycles. The molecule has 0 aliphatic rings. The van der Waals surface area contributed by atoms with Crippen molar-refractivity contribution in [3.63, 3.8) is 0 Å². The van der Waals surface area contributed by atoms with Gasteiger partial charge in [-0.15, -0.1) is 0 Å². The van der Waals surface area contributed by atoms with E-state index in [-0.39, 0.29) is 11.8 Å². The molecule has 2 amide bonds. The maximum absolute atomic E-state index is 12.3. The Morgan fingerprint density at radius 2 is 1.46 bits per heavy atom. The minimum absolute atomic E-state index is 0.251. The molecule has 0 aliphatic heterocycles. The molecule has 0 bridgehead atoms. The fraction of sp³-hybridized carbons (Fsp3) is 0.100. The summed E-state index contributed by atoms with van der Waals surface area (Å²) in [5, 5.41) is 5.53. The van der Waals surface area contributed by atoms with E-state index in [1.165, 1.54) is 0 Å². The molecule has 1 aromatic carbocycles. The number of hydrogen-bond acceptors (Lipinski definition) is 3. The van der Waals surface area contributed by atoms with Crippen molar-refractivity contribution < 1.29 is 14.6 Å². The van der Waals surface area contributed by atoms with Crippen LogP contribution >= 0.6 is 0 Å². The first kappa shape index (κ1) is 17.3. The summed E-state index contributed by atoms with van der Waals surface area (Å²) < 4.78 is 0. The molecule has 26 heavy (non-hydrogen) atoms. The molecule has 2 aromatic heterocycles. The fourth-order valence-corrected chi connectivity index (χ4v) is 2.41. The predicted molar refractivity (Wildman–Crippen MR) is 99.1 cm³/mol. The van der Waals surface area contributed by atoms with Gasteiger partial charge in [0.05, 0.1) is 11.8 Å². The largest absolute Gasteiger partial charge is 0.339 e. The van der Waals surface area contributed by atoms with Crippen molar-refractivity contribution in [2.45, 2.75) is 13.8 Å². The quantitative estimate of drug-likeness (QED) is 0.761. The maximum atomic E-state index is 12.3. The molecule has 6 nitrogen and oxygen atoms in total. The topological polar surface area (TPSA) is 85.2 Å². The van der Waals surface area contributed by atoms with Crippen molar-refractivity contribution >= 4 is 23.5 Å². The first-order chi connectivity index (χ1) is 12.5. The Bertz CT molecular complexity index is 874. The summed E-state index contributed by atoms with van der Waals surface area (Å²) >= 11 is 0. The van der Waals surface area contributed by atoms with Gasteiger partial charge in [0.1, 0.15) is 5.82 Å². The molecule has 3 N–H and O–H groups in total. The number of nitrogens with one attached hydrogen (secondary N) is 3. The van der Waals surface area contributed by atoms with Crippen LogP contribution in [0.15, 0.2) is 60.9 Å². The first-order valence-electron chi connectivity index (χ1n) is 8.15. The van der Waals surface area contributed by atoms with Gasteiger partial charge in [0, 0.05) is 17.8 Å². The lowest BCUT2D eigenvalue weighted by molar-refractivity contribution is -0.360. The van der Waals surface area contributed by atoms with E-state index < -0.39 is 0 Å². The predicted octanol–water partition coefficient (Wildman–Crippen LogP) is 3.02. The molecular weight excluding hydrogens is 328 g/mol. The summed E-state index contributed by atoms with van der Waals surface area (Å²) in [6, 6.07) is 13.8. The third kappa shape index (κ3) is 4.30. The second kappa shape index (κ2) is 7.57. The fourth-order valence-electron chi connectivity index (χ4n) is 2.41. The van der Waals surface area contributed by atoms with Crippen LogP contribution in [0, 0.1) is 13.8 Å². The second-order valence-corrected chi connectivity index (χ2v) is 5.98. The van der Waals surface area contributed by atoms with E-state index in [9.17, 15) is 9.59 Å². The molecule has 0 unspecified atom stereocenters. The van der Waals surface area contributed by atoms with Crippen molar-refractivity contribution in [2.75, 3.05) is 10.6 Å². The highest BCUT2D eigenvalue weighted by Gasteiger charge is 2.14. The molecule has 2 heterocycles. The maximum Gasteiger partial charge on any atom is 0.339 e. The number of hydrogen-bond donors (Lipinski definition) is 2. The van der Waals surface area contributed by atoms with Gasteiger partial charge in [-0.1, -0.05) is 0 Å². The van der Waals surface area contributed by atoms with Crippen LogP contribution < -0.4 is 15.6 Å². The van der Waals surface area contributed by atoms with E-state index >= 15 is 0 Å². The average molecular weight is 347 g/mol. The number of pyridine rings is 2. The molecule has 0 aliphatic carbocycles. The molecule has 0 fully saturated rings. The minimum Gasteiger partial charge on any atom is -0.307 e. The summed E-state index contributed by atoms with van der Waals surface area (Å²) in [5.74, 6) is 0.579. The number of aryl methyl sites for hydroxylation is 2. The van der Waals surface area contributed by atoms with E-state index in [0.29, 0.717) is 22.8 Å². The van der Waals surface area contributed by atoms with E-state index in [2.05, 4.69) is 20.6 Å². The van der Waals surface area contributed by atoms with E-state index in [1.54, 1.807) is 42.7 Å². The second-order valence-electron chi connectivity index (χ2n) is 5.98. The van der Waals surface area contributed by atoms with Gasteiger partial charge in [-0.05, 0) is 67.4 Å². The lowest BCUT2D eigenvalue weighted by Gasteiger charge is -2.05. The minimum atomic E-state index is -0.276. The molecular formula is C20H19N4O2+. The van der Waals surface area contributed by atoms with Gasteiger partial charge >= 0.3 is 5.91 Å². The van der Waals surface area contributed by atoms with Crippen LogP contribution in [-0.2, 0) is 0 Å². The van der Waals surface area contributed by atoms with Gasteiger partial charge in [-0.3, -0.25) is 4.79 Å². The number of amides is 2. The number of carbonyl (C=O) groups excluding carboxylic acids is 2.